The average molecular weight is 403 g/mol. The summed E-state index contributed by atoms with van der Waals surface area (Å²) in [4.78, 5) is 16.6. The summed E-state index contributed by atoms with van der Waals surface area (Å²) < 4.78 is 21.4. The first-order valence-corrected chi connectivity index (χ1v) is 9.12. The second-order valence-corrected chi connectivity index (χ2v) is 7.09. The Morgan fingerprint density at radius 1 is 1.31 bits per heavy atom. The number of halogens is 1. The maximum absolute atomic E-state index is 14.8. The molecule has 4 heterocycles. The quantitative estimate of drug-likeness (QED) is 0.725. The Kier molecular flexibility index (Phi) is 4.04. The number of aromatic nitrogens is 7. The zero-order chi connectivity index (χ0) is 20.1. The molecule has 5 rings (SSSR count). The molecule has 2 atom stereocenters. The lowest BCUT2D eigenvalue weighted by Crippen LogP contribution is -2.36. The Bertz CT molecular complexity index is 1010. The molecule has 1 aliphatic carbocycles. The topological polar surface area (TPSA) is 127 Å². The molecule has 2 aromatic rings. The van der Waals surface area contributed by atoms with Gasteiger partial charge in [0.25, 0.3) is 0 Å². The predicted octanol–water partition coefficient (Wildman–Crippen LogP) is -0.398. The number of aliphatic hydroxyl groups is 1. The number of amides is 1. The van der Waals surface area contributed by atoms with Gasteiger partial charge < -0.3 is 14.7 Å². The van der Waals surface area contributed by atoms with Gasteiger partial charge in [-0.25, -0.2) is 13.9 Å². The first-order chi connectivity index (χ1) is 14.0. The van der Waals surface area contributed by atoms with Crippen LogP contribution in [-0.4, -0.2) is 76.6 Å². The second kappa shape index (κ2) is 6.62. The fourth-order valence-electron chi connectivity index (χ4n) is 3.73. The molecule has 1 saturated heterocycles. The van der Waals surface area contributed by atoms with Crippen molar-refractivity contribution in [1.29, 1.82) is 0 Å². The lowest BCUT2D eigenvalue weighted by molar-refractivity contribution is 0.0944. The van der Waals surface area contributed by atoms with Crippen molar-refractivity contribution in [3.63, 3.8) is 0 Å². The van der Waals surface area contributed by atoms with Gasteiger partial charge >= 0.3 is 6.09 Å². The van der Waals surface area contributed by atoms with Crippen molar-refractivity contribution in [2.75, 3.05) is 18.1 Å². The molecular weight excluding hydrogens is 385 g/mol. The predicted molar refractivity (Wildman–Crippen MR) is 94.6 cm³/mol. The molecule has 1 N–H and O–H groups in total. The number of anilines is 1. The monoisotopic (exact) mass is 403 g/mol. The molecule has 0 aromatic carbocycles. The molecule has 13 heteroatoms. The minimum absolute atomic E-state index is 0.230. The maximum atomic E-state index is 14.8. The number of nitrogens with zero attached hydrogens (tertiary/aromatic N) is 9. The summed E-state index contributed by atoms with van der Waals surface area (Å²) in [5.74, 6) is 0.102. The number of carbonyl (C=O) groups excluding carboxylic acids is 1. The van der Waals surface area contributed by atoms with Gasteiger partial charge in [-0.2, -0.15) is 10.2 Å². The van der Waals surface area contributed by atoms with Gasteiger partial charge in [-0.3, -0.25) is 4.90 Å². The van der Waals surface area contributed by atoms with Crippen molar-refractivity contribution < 1.29 is 19.0 Å². The van der Waals surface area contributed by atoms with E-state index in [1.807, 2.05) is 4.90 Å². The van der Waals surface area contributed by atoms with E-state index in [9.17, 15) is 9.18 Å². The summed E-state index contributed by atoms with van der Waals surface area (Å²) >= 11 is 0. The average Bonchev–Trinajstić information content (AvgIpc) is 3.44. The number of aryl methyl sites for hydroxylation is 1. The van der Waals surface area contributed by atoms with Crippen LogP contribution in [0.15, 0.2) is 18.0 Å². The van der Waals surface area contributed by atoms with E-state index in [1.54, 1.807) is 17.8 Å². The van der Waals surface area contributed by atoms with Gasteiger partial charge in [0.2, 0.25) is 5.95 Å². The molecule has 1 fully saturated rings. The smallest absolute Gasteiger partial charge is 0.410 e. The molecule has 3 aliphatic rings. The van der Waals surface area contributed by atoms with E-state index >= 15 is 0 Å². The van der Waals surface area contributed by atoms with E-state index in [0.717, 1.165) is 11.4 Å². The molecule has 2 aliphatic heterocycles. The SMILES string of the molecule is Cn1nnnc1N1Cc2nn(C3=CCC(N4C[C@H](CO)OC4=O)C=C3F)nc2C1. The Hall–Kier alpha value is -3.35. The van der Waals surface area contributed by atoms with Gasteiger partial charge in [0, 0.05) is 7.05 Å². The summed E-state index contributed by atoms with van der Waals surface area (Å²) in [6.45, 7) is 0.931. The van der Waals surface area contributed by atoms with Gasteiger partial charge in [-0.15, -0.1) is 4.80 Å². The first-order valence-electron chi connectivity index (χ1n) is 9.12. The van der Waals surface area contributed by atoms with Crippen LogP contribution in [0, 0.1) is 0 Å². The number of ether oxygens (including phenoxy) is 1. The number of rotatable bonds is 4. The van der Waals surface area contributed by atoms with Crippen LogP contribution in [0.25, 0.3) is 5.70 Å². The Morgan fingerprint density at radius 2 is 2.07 bits per heavy atom. The Labute approximate surface area is 163 Å². The summed E-state index contributed by atoms with van der Waals surface area (Å²) in [6.07, 6.45) is 2.30. The van der Waals surface area contributed by atoms with Gasteiger partial charge in [0.05, 0.1) is 32.3 Å². The molecule has 29 heavy (non-hydrogen) atoms. The number of allylic oxidation sites excluding steroid dienone is 2. The highest BCUT2D eigenvalue weighted by atomic mass is 19.1. The van der Waals surface area contributed by atoms with Crippen LogP contribution in [0.2, 0.25) is 0 Å². The van der Waals surface area contributed by atoms with Crippen molar-refractivity contribution in [3.8, 4) is 0 Å². The van der Waals surface area contributed by atoms with E-state index in [1.165, 1.54) is 15.8 Å². The van der Waals surface area contributed by atoms with E-state index < -0.39 is 24.1 Å². The third-order valence-electron chi connectivity index (χ3n) is 5.18. The number of hydrogen-bond donors (Lipinski definition) is 1. The highest BCUT2D eigenvalue weighted by Crippen LogP contribution is 2.30. The third-order valence-corrected chi connectivity index (χ3v) is 5.18. The number of cyclic esters (lactones) is 1. The van der Waals surface area contributed by atoms with Gasteiger partial charge in [0.15, 0.2) is 0 Å². The Morgan fingerprint density at radius 3 is 2.66 bits per heavy atom. The number of hydrogen-bond acceptors (Lipinski definition) is 9. The van der Waals surface area contributed by atoms with Crippen LogP contribution in [0.5, 0.6) is 0 Å². The van der Waals surface area contributed by atoms with Gasteiger partial charge in [0.1, 0.15) is 29.0 Å². The minimum atomic E-state index is -0.577. The third kappa shape index (κ3) is 2.93. The van der Waals surface area contributed by atoms with Crippen LogP contribution >= 0.6 is 0 Å². The molecule has 12 nitrogen and oxygen atoms in total. The Balaban J connectivity index is 1.30. The molecule has 0 radical (unpaired) electrons. The second-order valence-electron chi connectivity index (χ2n) is 7.09. The van der Waals surface area contributed by atoms with E-state index in [0.29, 0.717) is 25.5 Å². The lowest BCUT2D eigenvalue weighted by atomic mass is 10.0. The van der Waals surface area contributed by atoms with E-state index in [4.69, 9.17) is 9.84 Å². The van der Waals surface area contributed by atoms with Crippen molar-refractivity contribution in [1.82, 2.24) is 40.1 Å². The minimum Gasteiger partial charge on any atom is -0.442 e. The van der Waals surface area contributed by atoms with Crippen LogP contribution < -0.4 is 4.90 Å². The fourth-order valence-corrected chi connectivity index (χ4v) is 3.73. The zero-order valence-corrected chi connectivity index (χ0v) is 15.5. The van der Waals surface area contributed by atoms with Crippen molar-refractivity contribution in [3.05, 3.63) is 29.4 Å². The molecule has 1 unspecified atom stereocenters. The summed E-state index contributed by atoms with van der Waals surface area (Å²) in [6, 6.07) is -0.468. The van der Waals surface area contributed by atoms with E-state index in [2.05, 4.69) is 25.7 Å². The highest BCUT2D eigenvalue weighted by molar-refractivity contribution is 5.72. The van der Waals surface area contributed by atoms with E-state index in [-0.39, 0.29) is 18.8 Å². The fraction of sp³-hybridized carbons (Fsp3) is 0.500. The molecule has 2 aromatic heterocycles. The van der Waals surface area contributed by atoms with Crippen LogP contribution in [0.1, 0.15) is 17.8 Å². The number of carbonyl (C=O) groups is 1. The molecule has 0 spiro atoms. The lowest BCUT2D eigenvalue weighted by Gasteiger charge is -2.25. The van der Waals surface area contributed by atoms with Crippen LogP contribution in [-0.2, 0) is 24.9 Å². The summed E-state index contributed by atoms with van der Waals surface area (Å²) in [7, 11) is 1.75. The maximum Gasteiger partial charge on any atom is 0.410 e. The standard InChI is InChI=1S/C16H18FN9O3/c1-23-15(18-21-22-23)24-6-12-13(7-24)20-26(19-12)14-3-2-9(4-11(14)17)25-5-10(8-27)29-16(25)28/h3-4,9-10,27H,2,5-8H2,1H3/t9?,10-/m1/s1. The molecule has 0 bridgehead atoms. The largest absolute Gasteiger partial charge is 0.442 e. The van der Waals surface area contributed by atoms with Crippen molar-refractivity contribution in [2.24, 2.45) is 7.05 Å². The number of fused-ring (bicyclic) bond motifs is 1. The highest BCUT2D eigenvalue weighted by Gasteiger charge is 2.36. The van der Waals surface area contributed by atoms with Gasteiger partial charge in [-0.1, -0.05) is 11.2 Å². The molecular formula is C16H18FN9O3. The molecule has 152 valence electrons. The molecule has 1 amide bonds. The summed E-state index contributed by atoms with van der Waals surface area (Å²) in [5.41, 5.74) is 1.71. The summed E-state index contributed by atoms with van der Waals surface area (Å²) in [5, 5.41) is 29.4. The van der Waals surface area contributed by atoms with Gasteiger partial charge in [-0.05, 0) is 22.9 Å². The normalized spacial score (nSPS) is 23.9. The first kappa shape index (κ1) is 17.7. The van der Waals surface area contributed by atoms with Crippen LogP contribution in [0.3, 0.4) is 0 Å². The van der Waals surface area contributed by atoms with Crippen molar-refractivity contribution >= 4 is 17.7 Å². The molecule has 0 saturated carbocycles. The van der Waals surface area contributed by atoms with Crippen LogP contribution in [0.4, 0.5) is 15.1 Å². The zero-order valence-electron chi connectivity index (χ0n) is 15.5. The van der Waals surface area contributed by atoms with Crippen molar-refractivity contribution in [2.45, 2.75) is 31.7 Å². The number of tetrazole rings is 1. The number of aliphatic hydroxyl groups excluding tert-OH is 1.